The number of carbonyl (C=O) groups excluding carboxylic acids is 2. The van der Waals surface area contributed by atoms with Crippen molar-refractivity contribution in [3.8, 4) is 5.88 Å². The van der Waals surface area contributed by atoms with Crippen LogP contribution in [0.5, 0.6) is 5.88 Å². The molecule has 9 heteroatoms. The van der Waals surface area contributed by atoms with Gasteiger partial charge in [-0.3, -0.25) is 9.59 Å². The van der Waals surface area contributed by atoms with Crippen molar-refractivity contribution in [1.29, 1.82) is 0 Å². The first-order chi connectivity index (χ1) is 17.6. The van der Waals surface area contributed by atoms with Crippen molar-refractivity contribution in [2.75, 3.05) is 45.4 Å². The summed E-state index contributed by atoms with van der Waals surface area (Å²) < 4.78 is 16.1. The molecule has 0 saturated carbocycles. The van der Waals surface area contributed by atoms with Crippen LogP contribution in [0.1, 0.15) is 39.3 Å². The molecule has 1 saturated heterocycles. The van der Waals surface area contributed by atoms with Crippen molar-refractivity contribution in [2.24, 2.45) is 5.92 Å². The summed E-state index contributed by atoms with van der Waals surface area (Å²) in [6.07, 6.45) is 1.76. The van der Waals surface area contributed by atoms with E-state index >= 15 is 0 Å². The molecule has 0 bridgehead atoms. The zero-order chi connectivity index (χ0) is 25.3. The van der Waals surface area contributed by atoms with Gasteiger partial charge in [0, 0.05) is 38.5 Å². The van der Waals surface area contributed by atoms with Crippen LogP contribution >= 0.6 is 0 Å². The van der Waals surface area contributed by atoms with Crippen LogP contribution in [-0.4, -0.2) is 62.0 Å². The number of hydrogen-bond acceptors (Lipinski definition) is 7. The number of ether oxygens (including phenoxy) is 3. The summed E-state index contributed by atoms with van der Waals surface area (Å²) >= 11 is 0. The molecule has 36 heavy (non-hydrogen) atoms. The van der Waals surface area contributed by atoms with Gasteiger partial charge in [0.25, 0.3) is 11.8 Å². The predicted molar refractivity (Wildman–Crippen MR) is 135 cm³/mol. The van der Waals surface area contributed by atoms with Crippen LogP contribution in [-0.2, 0) is 16.1 Å². The van der Waals surface area contributed by atoms with Crippen LogP contribution in [0, 0.1) is 5.92 Å². The molecule has 4 rings (SSSR count). The topological polar surface area (TPSA) is 119 Å². The van der Waals surface area contributed by atoms with Crippen LogP contribution in [0.2, 0.25) is 0 Å². The number of benzene rings is 2. The van der Waals surface area contributed by atoms with E-state index in [1.807, 2.05) is 30.3 Å². The van der Waals surface area contributed by atoms with E-state index in [-0.39, 0.29) is 36.4 Å². The summed E-state index contributed by atoms with van der Waals surface area (Å²) in [5.74, 6) is -0.259. The van der Waals surface area contributed by atoms with Crippen molar-refractivity contribution in [3.63, 3.8) is 0 Å². The van der Waals surface area contributed by atoms with E-state index in [2.05, 4.69) is 15.6 Å². The highest BCUT2D eigenvalue weighted by Crippen LogP contribution is 2.26. The van der Waals surface area contributed by atoms with E-state index in [1.165, 1.54) is 0 Å². The second-order valence-electron chi connectivity index (χ2n) is 8.59. The van der Waals surface area contributed by atoms with Gasteiger partial charge in [-0.1, -0.05) is 30.3 Å². The van der Waals surface area contributed by atoms with Gasteiger partial charge >= 0.3 is 0 Å². The maximum absolute atomic E-state index is 13.4. The molecule has 0 aliphatic carbocycles. The van der Waals surface area contributed by atoms with Gasteiger partial charge in [0.1, 0.15) is 6.61 Å². The fraction of sp³-hybridized carbons (Fsp3) is 0.370. The molecule has 1 aliphatic heterocycles. The minimum atomic E-state index is -0.411. The minimum Gasteiger partial charge on any atom is -0.475 e. The van der Waals surface area contributed by atoms with Gasteiger partial charge in [0.05, 0.1) is 18.9 Å². The Morgan fingerprint density at radius 3 is 2.58 bits per heavy atom. The van der Waals surface area contributed by atoms with Gasteiger partial charge in [-0.05, 0) is 47.2 Å². The molecule has 2 heterocycles. The third-order valence-electron chi connectivity index (χ3n) is 6.13. The number of aliphatic hydroxyl groups excluding tert-OH is 1. The Kier molecular flexibility index (Phi) is 8.83. The number of pyridine rings is 1. The summed E-state index contributed by atoms with van der Waals surface area (Å²) in [6.45, 7) is 2.15. The molecule has 0 atom stereocenters. The maximum atomic E-state index is 13.4. The first-order valence-electron chi connectivity index (χ1n) is 12.0. The average molecular weight is 494 g/mol. The number of aliphatic hydroxyl groups is 1. The van der Waals surface area contributed by atoms with Gasteiger partial charge in [-0.25, -0.2) is 4.98 Å². The summed E-state index contributed by atoms with van der Waals surface area (Å²) in [6, 6.07) is 14.4. The number of hydrogen-bond donors (Lipinski definition) is 3. The van der Waals surface area contributed by atoms with Gasteiger partial charge < -0.3 is 30.0 Å². The average Bonchev–Trinajstić information content (AvgIpc) is 2.92. The van der Waals surface area contributed by atoms with Crippen LogP contribution in [0.25, 0.3) is 10.8 Å². The number of fused-ring (bicyclic) bond motifs is 1. The van der Waals surface area contributed by atoms with Crippen LogP contribution < -0.4 is 15.4 Å². The van der Waals surface area contributed by atoms with Crippen molar-refractivity contribution < 1.29 is 28.9 Å². The monoisotopic (exact) mass is 493 g/mol. The molecule has 3 N–H and O–H groups in total. The van der Waals surface area contributed by atoms with E-state index < -0.39 is 5.91 Å². The van der Waals surface area contributed by atoms with E-state index in [4.69, 9.17) is 19.3 Å². The lowest BCUT2D eigenvalue weighted by atomic mass is 9.99. The molecule has 2 amide bonds. The quantitative estimate of drug-likeness (QED) is 0.397. The lowest BCUT2D eigenvalue weighted by molar-refractivity contribution is 0.0642. The molecule has 0 unspecified atom stereocenters. The van der Waals surface area contributed by atoms with Crippen molar-refractivity contribution in [3.05, 3.63) is 65.4 Å². The van der Waals surface area contributed by atoms with Crippen LogP contribution in [0.4, 0.5) is 5.69 Å². The van der Waals surface area contributed by atoms with E-state index in [0.717, 1.165) is 29.2 Å². The zero-order valence-electron chi connectivity index (χ0n) is 20.3. The largest absolute Gasteiger partial charge is 0.475 e. The predicted octanol–water partition coefficient (Wildman–Crippen LogP) is 3.16. The number of carbonyl (C=O) groups is 2. The highest BCUT2D eigenvalue weighted by atomic mass is 16.5. The summed E-state index contributed by atoms with van der Waals surface area (Å²) in [4.78, 5) is 30.8. The number of methoxy groups -OCH3 is 1. The Bertz CT molecular complexity index is 1210. The minimum absolute atomic E-state index is 0.0433. The number of anilines is 1. The van der Waals surface area contributed by atoms with Gasteiger partial charge in [0.15, 0.2) is 5.69 Å². The van der Waals surface area contributed by atoms with Crippen LogP contribution in [0.3, 0.4) is 0 Å². The fourth-order valence-corrected chi connectivity index (χ4v) is 4.25. The number of nitrogens with one attached hydrogen (secondary N) is 2. The molecule has 9 nitrogen and oxygen atoms in total. The first-order valence-corrected chi connectivity index (χ1v) is 12.0. The second kappa shape index (κ2) is 12.4. The number of rotatable bonds is 10. The fourth-order valence-electron chi connectivity index (χ4n) is 4.25. The molecular formula is C27H31N3O6. The van der Waals surface area contributed by atoms with Crippen LogP contribution in [0.15, 0.2) is 48.5 Å². The van der Waals surface area contributed by atoms with Gasteiger partial charge in [-0.15, -0.1) is 0 Å². The lowest BCUT2D eigenvalue weighted by Crippen LogP contribution is -2.33. The number of aromatic nitrogens is 1. The third-order valence-corrected chi connectivity index (χ3v) is 6.13. The zero-order valence-corrected chi connectivity index (χ0v) is 20.3. The van der Waals surface area contributed by atoms with Crippen molar-refractivity contribution >= 4 is 28.3 Å². The Hall–Kier alpha value is -3.53. The molecule has 2 aromatic carbocycles. The highest BCUT2D eigenvalue weighted by molar-refractivity contribution is 6.15. The van der Waals surface area contributed by atoms with Crippen molar-refractivity contribution in [1.82, 2.24) is 10.3 Å². The molecule has 0 spiro atoms. The Labute approximate surface area is 209 Å². The summed E-state index contributed by atoms with van der Waals surface area (Å²) in [7, 11) is 1.63. The molecule has 3 aromatic rings. The normalized spacial score (nSPS) is 13.9. The van der Waals surface area contributed by atoms with E-state index in [9.17, 15) is 9.59 Å². The van der Waals surface area contributed by atoms with E-state index in [1.54, 1.807) is 25.3 Å². The highest BCUT2D eigenvalue weighted by Gasteiger charge is 2.21. The number of nitrogens with zero attached hydrogens (tertiary/aromatic N) is 1. The summed E-state index contributed by atoms with van der Waals surface area (Å²) in [5.41, 5.74) is 1.77. The van der Waals surface area contributed by atoms with Gasteiger partial charge in [-0.2, -0.15) is 0 Å². The van der Waals surface area contributed by atoms with Crippen molar-refractivity contribution in [2.45, 2.75) is 19.4 Å². The third kappa shape index (κ3) is 6.17. The Morgan fingerprint density at radius 2 is 1.83 bits per heavy atom. The Balaban J connectivity index is 1.59. The smallest absolute Gasteiger partial charge is 0.272 e. The first kappa shape index (κ1) is 25.6. The number of amides is 2. The molecular weight excluding hydrogens is 462 g/mol. The maximum Gasteiger partial charge on any atom is 0.272 e. The standard InChI is InChI=1S/C27H31N3O6/c1-34-17-19-6-7-22(21-5-3-2-4-20(19)21)26(32)29-23-8-9-24(36-15-12-31)30-25(23)27(33)28-16-18-10-13-35-14-11-18/h2-9,18,31H,10-17H2,1H3,(H,28,33)(H,29,32). The molecule has 1 aliphatic rings. The molecule has 190 valence electrons. The molecule has 1 fully saturated rings. The molecule has 1 aromatic heterocycles. The SMILES string of the molecule is COCc1ccc(C(=O)Nc2ccc(OCCO)nc2C(=O)NCC2CCOCC2)c2ccccc12. The molecule has 0 radical (unpaired) electrons. The second-order valence-corrected chi connectivity index (χ2v) is 8.59. The lowest BCUT2D eigenvalue weighted by Gasteiger charge is -2.22. The Morgan fingerprint density at radius 1 is 1.06 bits per heavy atom. The van der Waals surface area contributed by atoms with Gasteiger partial charge in [0.2, 0.25) is 5.88 Å². The van der Waals surface area contributed by atoms with E-state index in [0.29, 0.717) is 37.8 Å². The summed E-state index contributed by atoms with van der Waals surface area (Å²) in [5, 5.41) is 16.6.